The van der Waals surface area contributed by atoms with E-state index >= 15 is 0 Å². The Balaban J connectivity index is 2.36. The molecule has 0 amide bonds. The van der Waals surface area contributed by atoms with E-state index in [0.29, 0.717) is 0 Å². The zero-order valence-electron chi connectivity index (χ0n) is 12.0. The second-order valence-corrected chi connectivity index (χ2v) is 4.61. The van der Waals surface area contributed by atoms with Crippen molar-refractivity contribution in [2.45, 2.75) is 26.3 Å². The SMILES string of the molecule is CCc1ccc(C(NC)c2ccc(C)c(OC)c2)o1. The lowest BCUT2D eigenvalue weighted by Crippen LogP contribution is -2.17. The molecule has 1 unspecified atom stereocenters. The van der Waals surface area contributed by atoms with Crippen LogP contribution in [-0.4, -0.2) is 14.2 Å². The predicted molar refractivity (Wildman–Crippen MR) is 76.7 cm³/mol. The van der Waals surface area contributed by atoms with Gasteiger partial charge in [-0.3, -0.25) is 0 Å². The van der Waals surface area contributed by atoms with Crippen LogP contribution in [0, 0.1) is 6.92 Å². The molecule has 3 heteroatoms. The van der Waals surface area contributed by atoms with E-state index in [9.17, 15) is 0 Å². The molecule has 0 saturated carbocycles. The van der Waals surface area contributed by atoms with E-state index < -0.39 is 0 Å². The predicted octanol–water partition coefficient (Wildman–Crippen LogP) is 3.47. The summed E-state index contributed by atoms with van der Waals surface area (Å²) in [4.78, 5) is 0. The van der Waals surface area contributed by atoms with E-state index in [0.717, 1.165) is 34.8 Å². The number of rotatable bonds is 5. The van der Waals surface area contributed by atoms with E-state index in [1.54, 1.807) is 7.11 Å². The summed E-state index contributed by atoms with van der Waals surface area (Å²) in [6, 6.07) is 10.4. The van der Waals surface area contributed by atoms with Crippen LogP contribution in [0.15, 0.2) is 34.7 Å². The number of furan rings is 1. The molecule has 0 aliphatic carbocycles. The van der Waals surface area contributed by atoms with Gasteiger partial charge in [-0.25, -0.2) is 0 Å². The Hall–Kier alpha value is -1.74. The summed E-state index contributed by atoms with van der Waals surface area (Å²) in [5.74, 6) is 2.85. The van der Waals surface area contributed by atoms with Crippen molar-refractivity contribution in [2.24, 2.45) is 0 Å². The highest BCUT2D eigenvalue weighted by Crippen LogP contribution is 2.28. The third kappa shape index (κ3) is 2.82. The van der Waals surface area contributed by atoms with Crippen LogP contribution in [0.5, 0.6) is 5.75 Å². The van der Waals surface area contributed by atoms with Gasteiger partial charge in [-0.1, -0.05) is 19.1 Å². The number of ether oxygens (including phenoxy) is 1. The average Bonchev–Trinajstić information content (AvgIpc) is 2.90. The molecular formula is C16H21NO2. The van der Waals surface area contributed by atoms with Crippen molar-refractivity contribution in [3.05, 3.63) is 53.0 Å². The number of benzene rings is 1. The lowest BCUT2D eigenvalue weighted by molar-refractivity contribution is 0.408. The van der Waals surface area contributed by atoms with Gasteiger partial charge >= 0.3 is 0 Å². The zero-order valence-corrected chi connectivity index (χ0v) is 12.0. The van der Waals surface area contributed by atoms with Crippen LogP contribution < -0.4 is 10.1 Å². The molecule has 0 radical (unpaired) electrons. The van der Waals surface area contributed by atoms with Gasteiger partial charge < -0.3 is 14.5 Å². The van der Waals surface area contributed by atoms with Crippen LogP contribution in [0.3, 0.4) is 0 Å². The molecule has 0 spiro atoms. The number of aryl methyl sites for hydroxylation is 2. The first-order valence-electron chi connectivity index (χ1n) is 6.60. The monoisotopic (exact) mass is 259 g/mol. The second kappa shape index (κ2) is 5.93. The van der Waals surface area contributed by atoms with E-state index in [1.165, 1.54) is 0 Å². The minimum Gasteiger partial charge on any atom is -0.496 e. The van der Waals surface area contributed by atoms with Crippen molar-refractivity contribution in [3.63, 3.8) is 0 Å². The average molecular weight is 259 g/mol. The minimum absolute atomic E-state index is 0.0507. The lowest BCUT2D eigenvalue weighted by atomic mass is 10.0. The van der Waals surface area contributed by atoms with Crippen LogP contribution in [0.2, 0.25) is 0 Å². The molecule has 2 aromatic rings. The van der Waals surface area contributed by atoms with Gasteiger partial charge in [-0.05, 0) is 43.3 Å². The maximum absolute atomic E-state index is 5.84. The third-order valence-electron chi connectivity index (χ3n) is 3.37. The maximum atomic E-state index is 5.84. The highest BCUT2D eigenvalue weighted by molar-refractivity contribution is 5.40. The molecule has 1 aromatic carbocycles. The highest BCUT2D eigenvalue weighted by atomic mass is 16.5. The summed E-state index contributed by atoms with van der Waals surface area (Å²) >= 11 is 0. The van der Waals surface area contributed by atoms with Crippen LogP contribution in [-0.2, 0) is 6.42 Å². The molecule has 102 valence electrons. The Morgan fingerprint density at radius 3 is 2.63 bits per heavy atom. The standard InChI is InChI=1S/C16H21NO2/c1-5-13-8-9-14(19-13)16(17-3)12-7-6-11(2)15(10-12)18-4/h6-10,16-17H,5H2,1-4H3. The summed E-state index contributed by atoms with van der Waals surface area (Å²) in [5, 5.41) is 3.29. The smallest absolute Gasteiger partial charge is 0.125 e. The van der Waals surface area contributed by atoms with Gasteiger partial charge in [0.1, 0.15) is 17.3 Å². The molecule has 1 heterocycles. The number of hydrogen-bond acceptors (Lipinski definition) is 3. The van der Waals surface area contributed by atoms with E-state index in [4.69, 9.17) is 9.15 Å². The van der Waals surface area contributed by atoms with Gasteiger partial charge in [0.05, 0.1) is 13.2 Å². The summed E-state index contributed by atoms with van der Waals surface area (Å²) in [6.07, 6.45) is 0.910. The van der Waals surface area contributed by atoms with E-state index in [2.05, 4.69) is 30.4 Å². The van der Waals surface area contributed by atoms with E-state index in [1.807, 2.05) is 26.1 Å². The first-order chi connectivity index (χ1) is 9.19. The van der Waals surface area contributed by atoms with Gasteiger partial charge in [-0.15, -0.1) is 0 Å². The van der Waals surface area contributed by atoms with Gasteiger partial charge in [0.15, 0.2) is 0 Å². The Morgan fingerprint density at radius 1 is 1.26 bits per heavy atom. The van der Waals surface area contributed by atoms with Crippen molar-refractivity contribution >= 4 is 0 Å². The summed E-state index contributed by atoms with van der Waals surface area (Å²) < 4.78 is 11.2. The molecule has 2 rings (SSSR count). The fraction of sp³-hybridized carbons (Fsp3) is 0.375. The molecule has 3 nitrogen and oxygen atoms in total. The van der Waals surface area contributed by atoms with Crippen LogP contribution >= 0.6 is 0 Å². The van der Waals surface area contributed by atoms with Crippen molar-refractivity contribution in [2.75, 3.05) is 14.2 Å². The van der Waals surface area contributed by atoms with Crippen LogP contribution in [0.25, 0.3) is 0 Å². The molecule has 1 N–H and O–H groups in total. The minimum atomic E-state index is 0.0507. The van der Waals surface area contributed by atoms with Crippen LogP contribution in [0.4, 0.5) is 0 Å². The zero-order chi connectivity index (χ0) is 13.8. The first kappa shape index (κ1) is 13.7. The first-order valence-corrected chi connectivity index (χ1v) is 6.60. The quantitative estimate of drug-likeness (QED) is 0.892. The van der Waals surface area contributed by atoms with E-state index in [-0.39, 0.29) is 6.04 Å². The molecule has 0 aliphatic heterocycles. The van der Waals surface area contributed by atoms with Gasteiger partial charge in [0.25, 0.3) is 0 Å². The normalized spacial score (nSPS) is 12.4. The fourth-order valence-electron chi connectivity index (χ4n) is 2.23. The molecule has 1 atom stereocenters. The largest absolute Gasteiger partial charge is 0.496 e. The Morgan fingerprint density at radius 2 is 2.05 bits per heavy atom. The molecule has 0 bridgehead atoms. The summed E-state index contributed by atoms with van der Waals surface area (Å²) in [6.45, 7) is 4.13. The Kier molecular flexibility index (Phi) is 4.27. The topological polar surface area (TPSA) is 34.4 Å². The third-order valence-corrected chi connectivity index (χ3v) is 3.37. The molecule has 0 fully saturated rings. The van der Waals surface area contributed by atoms with Gasteiger partial charge in [0.2, 0.25) is 0 Å². The maximum Gasteiger partial charge on any atom is 0.125 e. The molecular weight excluding hydrogens is 238 g/mol. The van der Waals surface area contributed by atoms with Crippen LogP contribution in [0.1, 0.15) is 35.6 Å². The Labute approximate surface area is 114 Å². The van der Waals surface area contributed by atoms with Crippen molar-refractivity contribution in [3.8, 4) is 5.75 Å². The second-order valence-electron chi connectivity index (χ2n) is 4.61. The molecule has 19 heavy (non-hydrogen) atoms. The summed E-state index contributed by atoms with van der Waals surface area (Å²) in [7, 11) is 3.63. The fourth-order valence-corrected chi connectivity index (χ4v) is 2.23. The number of nitrogens with one attached hydrogen (secondary N) is 1. The summed E-state index contributed by atoms with van der Waals surface area (Å²) in [5.41, 5.74) is 2.27. The number of hydrogen-bond donors (Lipinski definition) is 1. The van der Waals surface area contributed by atoms with Gasteiger partial charge in [0, 0.05) is 6.42 Å². The van der Waals surface area contributed by atoms with Crippen molar-refractivity contribution < 1.29 is 9.15 Å². The molecule has 0 aliphatic rings. The lowest BCUT2D eigenvalue weighted by Gasteiger charge is -2.16. The van der Waals surface area contributed by atoms with Crippen molar-refractivity contribution in [1.29, 1.82) is 0 Å². The Bertz CT molecular complexity index is 545. The molecule has 0 saturated heterocycles. The molecule has 1 aromatic heterocycles. The highest BCUT2D eigenvalue weighted by Gasteiger charge is 2.17. The number of methoxy groups -OCH3 is 1. The van der Waals surface area contributed by atoms with Crippen molar-refractivity contribution in [1.82, 2.24) is 5.32 Å². The van der Waals surface area contributed by atoms with Gasteiger partial charge in [-0.2, -0.15) is 0 Å².